The summed E-state index contributed by atoms with van der Waals surface area (Å²) in [6.07, 6.45) is 3.28. The number of halogens is 1. The molecule has 0 heterocycles. The quantitative estimate of drug-likeness (QED) is 0.587. The number of alkyl halides is 1. The first-order chi connectivity index (χ1) is 8.22. The topological polar surface area (TPSA) is 29.1 Å². The Morgan fingerprint density at radius 2 is 2.18 bits per heavy atom. The number of rotatable bonds is 7. The van der Waals surface area contributed by atoms with E-state index < -0.39 is 0 Å². The largest absolute Gasteiger partial charge is 0.356 e. The molecule has 1 aromatic rings. The first-order valence-electron chi connectivity index (χ1n) is 6.10. The number of amides is 1. The van der Waals surface area contributed by atoms with E-state index in [1.807, 2.05) is 6.07 Å². The van der Waals surface area contributed by atoms with Crippen LogP contribution in [0.1, 0.15) is 30.4 Å². The summed E-state index contributed by atoms with van der Waals surface area (Å²) in [5.41, 5.74) is 2.46. The summed E-state index contributed by atoms with van der Waals surface area (Å²) in [6.45, 7) is 2.80. The zero-order chi connectivity index (χ0) is 12.5. The van der Waals surface area contributed by atoms with Gasteiger partial charge in [-0.25, -0.2) is 0 Å². The Hall–Kier alpha value is -1.02. The van der Waals surface area contributed by atoms with Crippen LogP contribution in [0.15, 0.2) is 24.3 Å². The van der Waals surface area contributed by atoms with Crippen molar-refractivity contribution in [3.63, 3.8) is 0 Å². The normalized spacial score (nSPS) is 10.2. The Balaban J connectivity index is 2.19. The van der Waals surface area contributed by atoms with Crippen molar-refractivity contribution < 1.29 is 4.79 Å². The lowest BCUT2D eigenvalue weighted by Gasteiger charge is -2.05. The highest BCUT2D eigenvalue weighted by Crippen LogP contribution is 2.06. The van der Waals surface area contributed by atoms with E-state index >= 15 is 0 Å². The van der Waals surface area contributed by atoms with Crippen molar-refractivity contribution in [3.05, 3.63) is 35.4 Å². The Labute approximate surface area is 108 Å². The second-order valence-corrected chi connectivity index (χ2v) is 4.61. The van der Waals surface area contributed by atoms with Crippen LogP contribution in [0.2, 0.25) is 0 Å². The smallest absolute Gasteiger partial charge is 0.220 e. The number of aryl methyl sites for hydroxylation is 2. The monoisotopic (exact) mass is 253 g/mol. The van der Waals surface area contributed by atoms with Crippen molar-refractivity contribution in [1.29, 1.82) is 0 Å². The molecule has 17 heavy (non-hydrogen) atoms. The Kier molecular flexibility index (Phi) is 6.71. The third kappa shape index (κ3) is 6.32. The fourth-order valence-electron chi connectivity index (χ4n) is 1.66. The summed E-state index contributed by atoms with van der Waals surface area (Å²) in [7, 11) is 0. The number of hydrogen-bond donors (Lipinski definition) is 1. The van der Waals surface area contributed by atoms with Crippen LogP contribution in [0.4, 0.5) is 0 Å². The average molecular weight is 254 g/mol. The number of hydrogen-bond acceptors (Lipinski definition) is 1. The molecule has 0 aromatic heterocycles. The van der Waals surface area contributed by atoms with E-state index in [4.69, 9.17) is 11.6 Å². The van der Waals surface area contributed by atoms with E-state index in [0.29, 0.717) is 12.3 Å². The molecular formula is C14H20ClNO. The van der Waals surface area contributed by atoms with Crippen molar-refractivity contribution in [2.75, 3.05) is 12.4 Å². The molecule has 0 aliphatic heterocycles. The maximum atomic E-state index is 11.5. The predicted molar refractivity (Wildman–Crippen MR) is 72.5 cm³/mol. The van der Waals surface area contributed by atoms with E-state index in [-0.39, 0.29) is 5.91 Å². The number of unbranched alkanes of at least 4 members (excludes halogenated alkanes) is 1. The number of carbonyl (C=O) groups is 1. The van der Waals surface area contributed by atoms with Crippen LogP contribution in [0.5, 0.6) is 0 Å². The highest BCUT2D eigenvalue weighted by atomic mass is 35.5. The van der Waals surface area contributed by atoms with Gasteiger partial charge in [0.2, 0.25) is 5.91 Å². The first kappa shape index (κ1) is 14.0. The van der Waals surface area contributed by atoms with Gasteiger partial charge < -0.3 is 5.32 Å². The number of nitrogens with one attached hydrogen (secondary N) is 1. The minimum Gasteiger partial charge on any atom is -0.356 e. The molecule has 0 aliphatic rings. The van der Waals surface area contributed by atoms with Crippen LogP contribution in [-0.2, 0) is 11.2 Å². The molecule has 1 aromatic carbocycles. The van der Waals surface area contributed by atoms with Gasteiger partial charge in [0, 0.05) is 18.8 Å². The van der Waals surface area contributed by atoms with Crippen molar-refractivity contribution >= 4 is 17.5 Å². The molecular weight excluding hydrogens is 234 g/mol. The standard InChI is InChI=1S/C14H20ClNO/c1-12-5-4-6-13(11-12)7-8-14(17)16-10-3-2-9-15/h4-6,11H,2-3,7-10H2,1H3,(H,16,17). The molecule has 0 atom stereocenters. The van der Waals surface area contributed by atoms with Gasteiger partial charge in [0.25, 0.3) is 0 Å². The van der Waals surface area contributed by atoms with Crippen LogP contribution < -0.4 is 5.32 Å². The van der Waals surface area contributed by atoms with Crippen LogP contribution in [0, 0.1) is 6.92 Å². The molecule has 1 rings (SSSR count). The highest BCUT2D eigenvalue weighted by molar-refractivity contribution is 6.17. The lowest BCUT2D eigenvalue weighted by atomic mass is 10.1. The van der Waals surface area contributed by atoms with E-state index in [1.54, 1.807) is 0 Å². The molecule has 0 fully saturated rings. The lowest BCUT2D eigenvalue weighted by Crippen LogP contribution is -2.24. The molecule has 0 aliphatic carbocycles. The van der Waals surface area contributed by atoms with Gasteiger partial charge in [-0.3, -0.25) is 4.79 Å². The number of benzene rings is 1. The van der Waals surface area contributed by atoms with Gasteiger partial charge in [0.15, 0.2) is 0 Å². The fourth-order valence-corrected chi connectivity index (χ4v) is 1.85. The molecule has 0 saturated carbocycles. The van der Waals surface area contributed by atoms with Gasteiger partial charge in [-0.2, -0.15) is 0 Å². The van der Waals surface area contributed by atoms with Crippen LogP contribution in [0.3, 0.4) is 0 Å². The van der Waals surface area contributed by atoms with Crippen molar-refractivity contribution in [2.45, 2.75) is 32.6 Å². The molecule has 3 heteroatoms. The summed E-state index contributed by atoms with van der Waals surface area (Å²) in [4.78, 5) is 11.5. The highest BCUT2D eigenvalue weighted by Gasteiger charge is 2.01. The van der Waals surface area contributed by atoms with Gasteiger partial charge in [-0.15, -0.1) is 11.6 Å². The first-order valence-corrected chi connectivity index (χ1v) is 6.64. The van der Waals surface area contributed by atoms with Crippen LogP contribution in [0.25, 0.3) is 0 Å². The summed E-state index contributed by atoms with van der Waals surface area (Å²) >= 11 is 5.56. The van der Waals surface area contributed by atoms with Gasteiger partial charge in [-0.1, -0.05) is 29.8 Å². The van der Waals surface area contributed by atoms with E-state index in [9.17, 15) is 4.79 Å². The minimum atomic E-state index is 0.126. The van der Waals surface area contributed by atoms with Gasteiger partial charge in [0.05, 0.1) is 0 Å². The SMILES string of the molecule is Cc1cccc(CCC(=O)NCCCCCl)c1. The Bertz CT molecular complexity index is 352. The van der Waals surface area contributed by atoms with Crippen LogP contribution >= 0.6 is 11.6 Å². The minimum absolute atomic E-state index is 0.126. The van der Waals surface area contributed by atoms with Gasteiger partial charge in [-0.05, 0) is 31.7 Å². The molecule has 1 N–H and O–H groups in total. The molecule has 2 nitrogen and oxygen atoms in total. The van der Waals surface area contributed by atoms with Gasteiger partial charge >= 0.3 is 0 Å². The van der Waals surface area contributed by atoms with Crippen molar-refractivity contribution in [1.82, 2.24) is 5.32 Å². The summed E-state index contributed by atoms with van der Waals surface area (Å²) in [5.74, 6) is 0.792. The Morgan fingerprint density at radius 1 is 1.35 bits per heavy atom. The van der Waals surface area contributed by atoms with Crippen molar-refractivity contribution in [3.8, 4) is 0 Å². The van der Waals surface area contributed by atoms with E-state index in [0.717, 1.165) is 25.8 Å². The summed E-state index contributed by atoms with van der Waals surface area (Å²) in [5, 5.41) is 2.90. The molecule has 94 valence electrons. The molecule has 0 spiro atoms. The van der Waals surface area contributed by atoms with Crippen molar-refractivity contribution in [2.24, 2.45) is 0 Å². The average Bonchev–Trinajstić information content (AvgIpc) is 2.32. The fraction of sp³-hybridized carbons (Fsp3) is 0.500. The predicted octanol–water partition coefficient (Wildman–Crippen LogP) is 3.06. The maximum Gasteiger partial charge on any atom is 0.220 e. The van der Waals surface area contributed by atoms with Gasteiger partial charge in [0.1, 0.15) is 0 Å². The molecule has 0 bridgehead atoms. The lowest BCUT2D eigenvalue weighted by molar-refractivity contribution is -0.121. The second kappa shape index (κ2) is 8.13. The second-order valence-electron chi connectivity index (χ2n) is 4.24. The third-order valence-corrected chi connectivity index (χ3v) is 2.87. The summed E-state index contributed by atoms with van der Waals surface area (Å²) in [6, 6.07) is 8.29. The molecule has 0 unspecified atom stereocenters. The zero-order valence-corrected chi connectivity index (χ0v) is 11.1. The Morgan fingerprint density at radius 3 is 2.88 bits per heavy atom. The van der Waals surface area contributed by atoms with E-state index in [1.165, 1.54) is 11.1 Å². The zero-order valence-electron chi connectivity index (χ0n) is 10.3. The third-order valence-electron chi connectivity index (χ3n) is 2.61. The maximum absolute atomic E-state index is 11.5. The van der Waals surface area contributed by atoms with Crippen LogP contribution in [-0.4, -0.2) is 18.3 Å². The number of carbonyl (C=O) groups excluding carboxylic acids is 1. The van der Waals surface area contributed by atoms with E-state index in [2.05, 4.69) is 30.4 Å². The molecule has 0 radical (unpaired) electrons. The molecule has 1 amide bonds. The summed E-state index contributed by atoms with van der Waals surface area (Å²) < 4.78 is 0. The molecule has 0 saturated heterocycles.